The summed E-state index contributed by atoms with van der Waals surface area (Å²) in [4.78, 5) is 4.13. The molecule has 0 aromatic carbocycles. The molecule has 1 atom stereocenters. The highest BCUT2D eigenvalue weighted by atomic mass is 16.5. The van der Waals surface area contributed by atoms with Crippen LogP contribution in [0, 0.1) is 0 Å². The van der Waals surface area contributed by atoms with E-state index in [4.69, 9.17) is 10.5 Å². The summed E-state index contributed by atoms with van der Waals surface area (Å²) in [6, 6.07) is 3.90. The third-order valence-corrected chi connectivity index (χ3v) is 2.03. The molecule has 1 rings (SSSR count). The summed E-state index contributed by atoms with van der Waals surface area (Å²) >= 11 is 0. The Morgan fingerprint density at radius 2 is 2.27 bits per heavy atom. The van der Waals surface area contributed by atoms with Crippen molar-refractivity contribution >= 4 is 0 Å². The number of aromatic nitrogens is 1. The Hall–Kier alpha value is -1.35. The van der Waals surface area contributed by atoms with Crippen LogP contribution in [-0.2, 0) is 6.42 Å². The van der Waals surface area contributed by atoms with Gasteiger partial charge in [0.1, 0.15) is 0 Å². The fourth-order valence-electron chi connectivity index (χ4n) is 1.41. The van der Waals surface area contributed by atoms with Crippen LogP contribution in [0.25, 0.3) is 0 Å². The summed E-state index contributed by atoms with van der Waals surface area (Å²) in [6.45, 7) is 4.10. The second kappa shape index (κ2) is 5.51. The van der Waals surface area contributed by atoms with Gasteiger partial charge < -0.3 is 10.5 Å². The van der Waals surface area contributed by atoms with E-state index in [1.807, 2.05) is 26.0 Å². The largest absolute Gasteiger partial charge is 0.481 e. The van der Waals surface area contributed by atoms with E-state index < -0.39 is 0 Å². The molecule has 1 heterocycles. The lowest BCUT2D eigenvalue weighted by molar-refractivity contribution is 0.397. The molecule has 3 nitrogen and oxygen atoms in total. The topological polar surface area (TPSA) is 48.1 Å². The van der Waals surface area contributed by atoms with Crippen LogP contribution in [0.15, 0.2) is 30.0 Å². The Morgan fingerprint density at radius 1 is 1.53 bits per heavy atom. The second-order valence-electron chi connectivity index (χ2n) is 3.82. The predicted octanol–water partition coefficient (Wildman–Crippen LogP) is 1.93. The van der Waals surface area contributed by atoms with E-state index in [2.05, 4.69) is 11.1 Å². The van der Waals surface area contributed by atoms with Gasteiger partial charge in [0.05, 0.1) is 7.11 Å². The maximum Gasteiger partial charge on any atom is 0.212 e. The summed E-state index contributed by atoms with van der Waals surface area (Å²) in [6.07, 6.45) is 4.67. The highest BCUT2D eigenvalue weighted by Crippen LogP contribution is 2.08. The van der Waals surface area contributed by atoms with Gasteiger partial charge in [0.15, 0.2) is 0 Å². The minimum absolute atomic E-state index is 0.0604. The number of methoxy groups -OCH3 is 1. The number of hydrogen-bond donors (Lipinski definition) is 1. The van der Waals surface area contributed by atoms with Gasteiger partial charge in [-0.15, -0.1) is 0 Å². The quantitative estimate of drug-likeness (QED) is 0.766. The van der Waals surface area contributed by atoms with Crippen molar-refractivity contribution < 1.29 is 4.74 Å². The van der Waals surface area contributed by atoms with Crippen molar-refractivity contribution in [2.24, 2.45) is 5.73 Å². The Kier molecular flexibility index (Phi) is 4.31. The van der Waals surface area contributed by atoms with E-state index in [0.29, 0.717) is 5.88 Å². The molecule has 0 aliphatic heterocycles. The highest BCUT2D eigenvalue weighted by Gasteiger charge is 2.01. The Bertz CT molecular complexity index is 326. The average molecular weight is 206 g/mol. The van der Waals surface area contributed by atoms with Crippen molar-refractivity contribution in [1.82, 2.24) is 4.98 Å². The standard InChI is InChI=1S/C12H18N2O/c1-9(2)6-11(13)7-10-4-5-12(15-3)14-8-10/h4-6,8,11H,7,13H2,1-3H3. The van der Waals surface area contributed by atoms with Gasteiger partial charge in [-0.25, -0.2) is 4.98 Å². The minimum Gasteiger partial charge on any atom is -0.481 e. The predicted molar refractivity (Wildman–Crippen MR) is 61.9 cm³/mol. The van der Waals surface area contributed by atoms with Crippen LogP contribution < -0.4 is 10.5 Å². The van der Waals surface area contributed by atoms with Gasteiger partial charge in [0, 0.05) is 18.3 Å². The van der Waals surface area contributed by atoms with Gasteiger partial charge in [-0.1, -0.05) is 17.7 Å². The van der Waals surface area contributed by atoms with E-state index >= 15 is 0 Å². The molecule has 1 aromatic rings. The number of nitrogens with two attached hydrogens (primary N) is 1. The third kappa shape index (κ3) is 4.13. The van der Waals surface area contributed by atoms with Crippen LogP contribution in [0.4, 0.5) is 0 Å². The number of ether oxygens (including phenoxy) is 1. The first-order chi connectivity index (χ1) is 7.11. The lowest BCUT2D eigenvalue weighted by Crippen LogP contribution is -2.20. The summed E-state index contributed by atoms with van der Waals surface area (Å²) in [7, 11) is 1.61. The smallest absolute Gasteiger partial charge is 0.212 e. The Labute approximate surface area is 91.0 Å². The average Bonchev–Trinajstić information content (AvgIpc) is 2.17. The van der Waals surface area contributed by atoms with Gasteiger partial charge in [0.25, 0.3) is 0 Å². The molecule has 0 aliphatic carbocycles. The van der Waals surface area contributed by atoms with Crippen molar-refractivity contribution in [3.63, 3.8) is 0 Å². The summed E-state index contributed by atoms with van der Waals surface area (Å²) < 4.78 is 4.98. The molecule has 15 heavy (non-hydrogen) atoms. The monoisotopic (exact) mass is 206 g/mol. The van der Waals surface area contributed by atoms with Crippen molar-refractivity contribution in [1.29, 1.82) is 0 Å². The van der Waals surface area contributed by atoms with Crippen LogP contribution in [0.5, 0.6) is 5.88 Å². The molecule has 82 valence electrons. The number of pyridine rings is 1. The SMILES string of the molecule is COc1ccc(CC(N)C=C(C)C)cn1. The molecular weight excluding hydrogens is 188 g/mol. The maximum atomic E-state index is 5.94. The van der Waals surface area contributed by atoms with Crippen LogP contribution in [-0.4, -0.2) is 18.1 Å². The lowest BCUT2D eigenvalue weighted by atomic mass is 10.1. The molecule has 2 N–H and O–H groups in total. The lowest BCUT2D eigenvalue weighted by Gasteiger charge is -2.07. The Morgan fingerprint density at radius 3 is 2.73 bits per heavy atom. The van der Waals surface area contributed by atoms with Gasteiger partial charge in [-0.2, -0.15) is 0 Å². The van der Waals surface area contributed by atoms with Crippen molar-refractivity contribution in [3.8, 4) is 5.88 Å². The molecule has 0 bridgehead atoms. The van der Waals surface area contributed by atoms with E-state index in [-0.39, 0.29) is 6.04 Å². The highest BCUT2D eigenvalue weighted by molar-refractivity contribution is 5.19. The molecule has 1 unspecified atom stereocenters. The molecule has 0 fully saturated rings. The van der Waals surface area contributed by atoms with Crippen LogP contribution >= 0.6 is 0 Å². The number of hydrogen-bond acceptors (Lipinski definition) is 3. The van der Waals surface area contributed by atoms with E-state index in [9.17, 15) is 0 Å². The van der Waals surface area contributed by atoms with Crippen molar-refractivity contribution in [2.75, 3.05) is 7.11 Å². The number of nitrogens with zero attached hydrogens (tertiary/aromatic N) is 1. The van der Waals surface area contributed by atoms with E-state index in [1.165, 1.54) is 5.57 Å². The maximum absolute atomic E-state index is 5.94. The molecular formula is C12H18N2O. The molecule has 0 amide bonds. The molecule has 0 saturated carbocycles. The van der Waals surface area contributed by atoms with E-state index in [0.717, 1.165) is 12.0 Å². The zero-order chi connectivity index (χ0) is 11.3. The van der Waals surface area contributed by atoms with Gasteiger partial charge in [0.2, 0.25) is 5.88 Å². The summed E-state index contributed by atoms with van der Waals surface area (Å²) in [5.41, 5.74) is 8.31. The fraction of sp³-hybridized carbons (Fsp3) is 0.417. The summed E-state index contributed by atoms with van der Waals surface area (Å²) in [5.74, 6) is 0.634. The molecule has 0 spiro atoms. The van der Waals surface area contributed by atoms with Crippen LogP contribution in [0.1, 0.15) is 19.4 Å². The first-order valence-corrected chi connectivity index (χ1v) is 5.01. The molecule has 1 aromatic heterocycles. The normalized spacial score (nSPS) is 12.0. The zero-order valence-electron chi connectivity index (χ0n) is 9.53. The molecule has 0 radical (unpaired) electrons. The fourth-order valence-corrected chi connectivity index (χ4v) is 1.41. The second-order valence-corrected chi connectivity index (χ2v) is 3.82. The minimum atomic E-state index is 0.0604. The van der Waals surface area contributed by atoms with Gasteiger partial charge in [-0.3, -0.25) is 0 Å². The van der Waals surface area contributed by atoms with Gasteiger partial charge in [-0.05, 0) is 25.8 Å². The zero-order valence-corrected chi connectivity index (χ0v) is 9.53. The summed E-state index contributed by atoms with van der Waals surface area (Å²) in [5, 5.41) is 0. The third-order valence-electron chi connectivity index (χ3n) is 2.03. The van der Waals surface area contributed by atoms with Crippen molar-refractivity contribution in [2.45, 2.75) is 26.3 Å². The first-order valence-electron chi connectivity index (χ1n) is 5.01. The molecule has 0 saturated heterocycles. The van der Waals surface area contributed by atoms with Gasteiger partial charge >= 0.3 is 0 Å². The van der Waals surface area contributed by atoms with Crippen LogP contribution in [0.2, 0.25) is 0 Å². The first kappa shape index (κ1) is 11.7. The van der Waals surface area contributed by atoms with Crippen molar-refractivity contribution in [3.05, 3.63) is 35.5 Å². The number of rotatable bonds is 4. The Balaban J connectivity index is 2.61. The molecule has 3 heteroatoms. The van der Waals surface area contributed by atoms with Crippen LogP contribution in [0.3, 0.4) is 0 Å². The molecule has 0 aliphatic rings. The van der Waals surface area contributed by atoms with E-state index in [1.54, 1.807) is 13.3 Å². The number of allylic oxidation sites excluding steroid dienone is 1.